The number of carbonyl (C=O) groups is 1. The highest BCUT2D eigenvalue weighted by Crippen LogP contribution is 2.26. The first kappa shape index (κ1) is 15.5. The number of nitrogens with zero attached hydrogens (tertiary/aromatic N) is 2. The minimum absolute atomic E-state index is 0.0204. The van der Waals surface area contributed by atoms with Gasteiger partial charge in [0.05, 0.1) is 0 Å². The summed E-state index contributed by atoms with van der Waals surface area (Å²) in [5.74, 6) is 1.76. The van der Waals surface area contributed by atoms with Crippen LogP contribution >= 0.6 is 0 Å². The summed E-state index contributed by atoms with van der Waals surface area (Å²) in [4.78, 5) is 18.4. The number of rotatable bonds is 4. The third-order valence-electron chi connectivity index (χ3n) is 4.26. The summed E-state index contributed by atoms with van der Waals surface area (Å²) in [6.45, 7) is 3.47. The first-order valence-electron chi connectivity index (χ1n) is 7.75. The maximum Gasteiger partial charge on any atom is 0.254 e. The Kier molecular flexibility index (Phi) is 4.57. The number of hydrogen-bond donors (Lipinski definition) is 1. The van der Waals surface area contributed by atoms with Gasteiger partial charge in [-0.05, 0) is 36.2 Å². The molecule has 5 heteroatoms. The van der Waals surface area contributed by atoms with E-state index in [1.165, 1.54) is 0 Å². The minimum atomic E-state index is -0.0204. The Hall–Kier alpha value is -2.40. The van der Waals surface area contributed by atoms with Crippen LogP contribution in [0.15, 0.2) is 48.8 Å². The average molecular weight is 312 g/mol. The van der Waals surface area contributed by atoms with Crippen LogP contribution < -0.4 is 4.74 Å². The molecule has 23 heavy (non-hydrogen) atoms. The van der Waals surface area contributed by atoms with Gasteiger partial charge in [0, 0.05) is 43.6 Å². The van der Waals surface area contributed by atoms with E-state index < -0.39 is 0 Å². The van der Waals surface area contributed by atoms with Gasteiger partial charge in [0.1, 0.15) is 11.5 Å². The van der Waals surface area contributed by atoms with Crippen molar-refractivity contribution >= 4 is 5.91 Å². The second-order valence-electron chi connectivity index (χ2n) is 5.94. The molecule has 1 aliphatic heterocycles. The topological polar surface area (TPSA) is 62.7 Å². The molecule has 1 fully saturated rings. The summed E-state index contributed by atoms with van der Waals surface area (Å²) in [6, 6.07) is 10.7. The van der Waals surface area contributed by atoms with Crippen LogP contribution in [0, 0.1) is 11.8 Å². The molecule has 1 aliphatic rings. The van der Waals surface area contributed by atoms with E-state index in [0.717, 1.165) is 0 Å². The number of ether oxygens (including phenoxy) is 1. The summed E-state index contributed by atoms with van der Waals surface area (Å²) in [5.41, 5.74) is 0.599. The zero-order chi connectivity index (χ0) is 16.2. The molecule has 0 bridgehead atoms. The van der Waals surface area contributed by atoms with Gasteiger partial charge in [-0.3, -0.25) is 9.78 Å². The molecule has 2 atom stereocenters. The van der Waals surface area contributed by atoms with Crippen molar-refractivity contribution in [2.75, 3.05) is 19.7 Å². The standard InChI is InChI=1S/C18H20N2O3/c1-13-10-20(11-15(13)12-21)18(22)14-3-2-4-17(9-14)23-16-5-7-19-8-6-16/h2-9,13,15,21H,10-12H2,1H3/t13-,15+/m1/s1. The van der Waals surface area contributed by atoms with Crippen LogP contribution in [0.1, 0.15) is 17.3 Å². The number of hydrogen-bond acceptors (Lipinski definition) is 4. The van der Waals surface area contributed by atoms with Gasteiger partial charge in [0.15, 0.2) is 0 Å². The van der Waals surface area contributed by atoms with Crippen LogP contribution in [0.3, 0.4) is 0 Å². The SMILES string of the molecule is C[C@@H]1CN(C(=O)c2cccc(Oc3ccncc3)c2)C[C@H]1CO. The van der Waals surface area contributed by atoms with Gasteiger partial charge in [-0.25, -0.2) is 0 Å². The molecule has 1 aromatic heterocycles. The van der Waals surface area contributed by atoms with Crippen LogP contribution in [-0.4, -0.2) is 40.6 Å². The lowest BCUT2D eigenvalue weighted by molar-refractivity contribution is 0.0780. The van der Waals surface area contributed by atoms with Crippen molar-refractivity contribution in [3.63, 3.8) is 0 Å². The highest BCUT2D eigenvalue weighted by atomic mass is 16.5. The number of aliphatic hydroxyl groups excluding tert-OH is 1. The fourth-order valence-electron chi connectivity index (χ4n) is 2.86. The second-order valence-corrected chi connectivity index (χ2v) is 5.94. The molecule has 0 aliphatic carbocycles. The van der Waals surface area contributed by atoms with Gasteiger partial charge < -0.3 is 14.7 Å². The summed E-state index contributed by atoms with van der Waals surface area (Å²) < 4.78 is 5.74. The summed E-state index contributed by atoms with van der Waals surface area (Å²) in [7, 11) is 0. The van der Waals surface area contributed by atoms with E-state index >= 15 is 0 Å². The third-order valence-corrected chi connectivity index (χ3v) is 4.26. The monoisotopic (exact) mass is 312 g/mol. The van der Waals surface area contributed by atoms with Gasteiger partial charge in [-0.2, -0.15) is 0 Å². The summed E-state index contributed by atoms with van der Waals surface area (Å²) in [5, 5.41) is 9.35. The number of amides is 1. The van der Waals surface area contributed by atoms with Gasteiger partial charge in [0.25, 0.3) is 5.91 Å². The minimum Gasteiger partial charge on any atom is -0.457 e. The molecule has 3 rings (SSSR count). The van der Waals surface area contributed by atoms with Crippen molar-refractivity contribution in [2.24, 2.45) is 11.8 Å². The van der Waals surface area contributed by atoms with E-state index in [-0.39, 0.29) is 18.4 Å². The fraction of sp³-hybridized carbons (Fsp3) is 0.333. The molecular formula is C18H20N2O3. The third kappa shape index (κ3) is 3.51. The molecule has 0 unspecified atom stereocenters. The maximum atomic E-state index is 12.6. The average Bonchev–Trinajstić information content (AvgIpc) is 2.96. The van der Waals surface area contributed by atoms with Crippen LogP contribution in [0.5, 0.6) is 11.5 Å². The zero-order valence-electron chi connectivity index (χ0n) is 13.1. The van der Waals surface area contributed by atoms with E-state index in [0.29, 0.717) is 36.1 Å². The Morgan fingerprint density at radius 1 is 1.26 bits per heavy atom. The van der Waals surface area contributed by atoms with E-state index in [4.69, 9.17) is 4.74 Å². The Bertz CT molecular complexity index is 675. The maximum absolute atomic E-state index is 12.6. The van der Waals surface area contributed by atoms with E-state index in [2.05, 4.69) is 11.9 Å². The van der Waals surface area contributed by atoms with E-state index in [9.17, 15) is 9.90 Å². The van der Waals surface area contributed by atoms with Crippen molar-refractivity contribution < 1.29 is 14.6 Å². The molecule has 0 radical (unpaired) electrons. The normalized spacial score (nSPS) is 20.5. The van der Waals surface area contributed by atoms with E-state index in [1.54, 1.807) is 41.6 Å². The zero-order valence-corrected chi connectivity index (χ0v) is 13.1. The molecule has 0 spiro atoms. The number of pyridine rings is 1. The number of aliphatic hydroxyl groups is 1. The second kappa shape index (κ2) is 6.79. The lowest BCUT2D eigenvalue weighted by atomic mass is 10.00. The highest BCUT2D eigenvalue weighted by Gasteiger charge is 2.32. The predicted octanol–water partition coefficient (Wildman–Crippen LogP) is 2.57. The Morgan fingerprint density at radius 2 is 2.04 bits per heavy atom. The van der Waals surface area contributed by atoms with Crippen molar-refractivity contribution in [3.8, 4) is 11.5 Å². The fourth-order valence-corrected chi connectivity index (χ4v) is 2.86. The Labute approximate surface area is 135 Å². The molecule has 0 saturated carbocycles. The van der Waals surface area contributed by atoms with Crippen molar-refractivity contribution in [1.29, 1.82) is 0 Å². The highest BCUT2D eigenvalue weighted by molar-refractivity contribution is 5.94. The molecule has 120 valence electrons. The Balaban J connectivity index is 1.73. The van der Waals surface area contributed by atoms with Crippen LogP contribution in [0.2, 0.25) is 0 Å². The van der Waals surface area contributed by atoms with Crippen LogP contribution in [0.25, 0.3) is 0 Å². The molecule has 1 saturated heterocycles. The summed E-state index contributed by atoms with van der Waals surface area (Å²) in [6.07, 6.45) is 3.32. The molecule has 2 aromatic rings. The van der Waals surface area contributed by atoms with Gasteiger partial charge >= 0.3 is 0 Å². The lowest BCUT2D eigenvalue weighted by Crippen LogP contribution is -2.29. The molecular weight excluding hydrogens is 292 g/mol. The molecule has 1 N–H and O–H groups in total. The van der Waals surface area contributed by atoms with Crippen LogP contribution in [-0.2, 0) is 0 Å². The quantitative estimate of drug-likeness (QED) is 0.942. The first-order chi connectivity index (χ1) is 11.2. The van der Waals surface area contributed by atoms with Gasteiger partial charge in [0.2, 0.25) is 0 Å². The molecule has 1 amide bonds. The van der Waals surface area contributed by atoms with Crippen molar-refractivity contribution in [2.45, 2.75) is 6.92 Å². The smallest absolute Gasteiger partial charge is 0.254 e. The van der Waals surface area contributed by atoms with Gasteiger partial charge in [-0.1, -0.05) is 13.0 Å². The van der Waals surface area contributed by atoms with E-state index in [1.807, 2.05) is 12.1 Å². The first-order valence-corrected chi connectivity index (χ1v) is 7.75. The largest absolute Gasteiger partial charge is 0.457 e. The number of benzene rings is 1. The lowest BCUT2D eigenvalue weighted by Gasteiger charge is -2.16. The van der Waals surface area contributed by atoms with Crippen LogP contribution in [0.4, 0.5) is 0 Å². The molecule has 2 heterocycles. The number of aromatic nitrogens is 1. The van der Waals surface area contributed by atoms with Crippen molar-refractivity contribution in [1.82, 2.24) is 9.88 Å². The predicted molar refractivity (Wildman–Crippen MR) is 86.4 cm³/mol. The van der Waals surface area contributed by atoms with Crippen molar-refractivity contribution in [3.05, 3.63) is 54.4 Å². The molecule has 1 aromatic carbocycles. The number of likely N-dealkylation sites (tertiary alicyclic amines) is 1. The Morgan fingerprint density at radius 3 is 2.74 bits per heavy atom. The molecule has 5 nitrogen and oxygen atoms in total. The summed E-state index contributed by atoms with van der Waals surface area (Å²) >= 11 is 0. The van der Waals surface area contributed by atoms with Gasteiger partial charge in [-0.15, -0.1) is 0 Å². The number of carbonyl (C=O) groups excluding carboxylic acids is 1.